The lowest BCUT2D eigenvalue weighted by Gasteiger charge is -2.11. The number of H-pyrrole nitrogens is 1. The van der Waals surface area contributed by atoms with Crippen LogP contribution >= 0.6 is 0 Å². The van der Waals surface area contributed by atoms with Crippen molar-refractivity contribution in [1.82, 2.24) is 4.98 Å². The van der Waals surface area contributed by atoms with E-state index in [1.807, 2.05) is 0 Å². The highest BCUT2D eigenvalue weighted by Crippen LogP contribution is 2.37. The van der Waals surface area contributed by atoms with Crippen molar-refractivity contribution in [2.24, 2.45) is 0 Å². The maximum Gasteiger partial charge on any atom is 0.416 e. The third-order valence-electron chi connectivity index (χ3n) is 5.81. The van der Waals surface area contributed by atoms with Crippen LogP contribution in [-0.4, -0.2) is 27.9 Å². The number of halogens is 3. The van der Waals surface area contributed by atoms with E-state index in [2.05, 4.69) is 15.6 Å². The zero-order chi connectivity index (χ0) is 27.7. The number of fused-ring (bicyclic) bond motifs is 1. The molecule has 39 heavy (non-hydrogen) atoms. The van der Waals surface area contributed by atoms with Crippen LogP contribution in [0.15, 0.2) is 79.0 Å². The molecule has 1 aliphatic rings. The molecule has 0 aliphatic carbocycles. The van der Waals surface area contributed by atoms with E-state index in [1.54, 1.807) is 42.5 Å². The quantitative estimate of drug-likeness (QED) is 0.218. The zero-order valence-corrected chi connectivity index (χ0v) is 19.8. The number of alkyl halides is 3. The summed E-state index contributed by atoms with van der Waals surface area (Å²) in [5.74, 6) is -1.45. The number of benzene rings is 3. The van der Waals surface area contributed by atoms with E-state index < -0.39 is 23.6 Å². The third-order valence-corrected chi connectivity index (χ3v) is 5.81. The van der Waals surface area contributed by atoms with Crippen molar-refractivity contribution in [3.8, 4) is 11.5 Å². The highest BCUT2D eigenvalue weighted by atomic mass is 19.4. The highest BCUT2D eigenvalue weighted by molar-refractivity contribution is 6.34. The lowest BCUT2D eigenvalue weighted by molar-refractivity contribution is -0.137. The predicted molar refractivity (Wildman–Crippen MR) is 137 cm³/mol. The van der Waals surface area contributed by atoms with Gasteiger partial charge in [0.1, 0.15) is 11.5 Å². The summed E-state index contributed by atoms with van der Waals surface area (Å²) in [7, 11) is 0. The van der Waals surface area contributed by atoms with Gasteiger partial charge in [0.25, 0.3) is 11.8 Å². The fraction of sp³-hybridized carbons (Fsp3) is 0.0357. The molecule has 11 heteroatoms. The van der Waals surface area contributed by atoms with Crippen LogP contribution in [0.4, 0.5) is 24.5 Å². The second-order valence-corrected chi connectivity index (χ2v) is 8.53. The molecule has 0 unspecified atom stereocenters. The molecule has 0 bridgehead atoms. The number of nitrogens with one attached hydrogen (secondary N) is 3. The molecule has 4 aromatic rings. The molecule has 0 fully saturated rings. The summed E-state index contributed by atoms with van der Waals surface area (Å²) < 4.78 is 44.8. The van der Waals surface area contributed by atoms with Crippen LogP contribution in [0, 0.1) is 0 Å². The number of aromatic carboxylic acids is 1. The average molecular weight is 533 g/mol. The summed E-state index contributed by atoms with van der Waals surface area (Å²) in [6.45, 7) is 0. The van der Waals surface area contributed by atoms with E-state index in [1.165, 1.54) is 24.4 Å². The number of aromatic nitrogens is 1. The molecule has 1 aliphatic heterocycles. The van der Waals surface area contributed by atoms with Gasteiger partial charge >= 0.3 is 12.1 Å². The molecule has 2 heterocycles. The van der Waals surface area contributed by atoms with Crippen molar-refractivity contribution in [3.63, 3.8) is 0 Å². The molecule has 0 radical (unpaired) electrons. The van der Waals surface area contributed by atoms with Crippen molar-refractivity contribution < 1.29 is 37.4 Å². The molecule has 1 aromatic heterocycles. The Balaban J connectivity index is 1.31. The van der Waals surface area contributed by atoms with Crippen LogP contribution in [-0.2, 0) is 11.0 Å². The fourth-order valence-corrected chi connectivity index (χ4v) is 3.97. The van der Waals surface area contributed by atoms with Crippen molar-refractivity contribution in [1.29, 1.82) is 0 Å². The van der Waals surface area contributed by atoms with Crippen molar-refractivity contribution in [3.05, 3.63) is 107 Å². The molecule has 5 rings (SSSR count). The Hall–Kier alpha value is -5.32. The van der Waals surface area contributed by atoms with Crippen molar-refractivity contribution >= 4 is 40.8 Å². The number of hydrogen-bond acceptors (Lipinski definition) is 4. The van der Waals surface area contributed by atoms with Gasteiger partial charge in [-0.05, 0) is 54.6 Å². The standard InChI is InChI=1S/C28H18F3N3O5/c29-28(30,31)17-4-1-3-15(9-17)25(35)33-18-5-2-6-20(11-18)39-21-7-8-22-23(26(36)34-24(22)13-21)12-19-10-16(14-32-19)27(37)38/h1-14,32H,(H,33,35)(H,34,36)(H,37,38). The number of carboxylic acid groups (broad SMARTS) is 1. The summed E-state index contributed by atoms with van der Waals surface area (Å²) in [4.78, 5) is 39.0. The van der Waals surface area contributed by atoms with Gasteiger partial charge in [-0.1, -0.05) is 12.1 Å². The SMILES string of the molecule is O=C1Nc2cc(Oc3cccc(NC(=O)c4cccc(C(F)(F)F)c4)c3)ccc2C1=Cc1cc(C(=O)O)c[nH]1. The largest absolute Gasteiger partial charge is 0.478 e. The van der Waals surface area contributed by atoms with E-state index in [0.717, 1.165) is 18.2 Å². The van der Waals surface area contributed by atoms with Crippen LogP contribution in [0.5, 0.6) is 11.5 Å². The van der Waals surface area contributed by atoms with E-state index >= 15 is 0 Å². The molecular formula is C28H18F3N3O5. The lowest BCUT2D eigenvalue weighted by atomic mass is 10.1. The molecule has 0 saturated carbocycles. The van der Waals surface area contributed by atoms with Gasteiger partial charge < -0.3 is 25.5 Å². The van der Waals surface area contributed by atoms with Gasteiger partial charge in [0.15, 0.2) is 0 Å². The number of aromatic amines is 1. The number of anilines is 2. The van der Waals surface area contributed by atoms with E-state index in [9.17, 15) is 27.6 Å². The first kappa shape index (κ1) is 25.3. The number of amides is 2. The molecule has 0 atom stereocenters. The first-order valence-electron chi connectivity index (χ1n) is 11.4. The lowest BCUT2D eigenvalue weighted by Crippen LogP contribution is -2.13. The minimum atomic E-state index is -4.57. The van der Waals surface area contributed by atoms with Crippen molar-refractivity contribution in [2.75, 3.05) is 10.6 Å². The minimum Gasteiger partial charge on any atom is -0.478 e. The Bertz CT molecular complexity index is 1660. The van der Waals surface area contributed by atoms with Gasteiger partial charge in [-0.15, -0.1) is 0 Å². The molecule has 2 amide bonds. The Morgan fingerprint density at radius 2 is 1.69 bits per heavy atom. The molecule has 196 valence electrons. The Morgan fingerprint density at radius 1 is 0.923 bits per heavy atom. The molecule has 0 saturated heterocycles. The Labute approximate surface area is 218 Å². The highest BCUT2D eigenvalue weighted by Gasteiger charge is 2.31. The predicted octanol–water partition coefficient (Wildman–Crippen LogP) is 6.27. The Morgan fingerprint density at radius 3 is 2.44 bits per heavy atom. The maximum absolute atomic E-state index is 13.0. The maximum atomic E-state index is 13.0. The second kappa shape index (κ2) is 9.86. The number of hydrogen-bond donors (Lipinski definition) is 4. The monoisotopic (exact) mass is 533 g/mol. The summed E-state index contributed by atoms with van der Waals surface area (Å²) in [6, 6.07) is 16.8. The first-order chi connectivity index (χ1) is 18.6. The number of carbonyl (C=O) groups excluding carboxylic acids is 2. The minimum absolute atomic E-state index is 0.0671. The summed E-state index contributed by atoms with van der Waals surface area (Å²) in [5.41, 5.74) is 1.19. The summed E-state index contributed by atoms with van der Waals surface area (Å²) in [5, 5.41) is 14.4. The fourth-order valence-electron chi connectivity index (χ4n) is 3.97. The molecule has 4 N–H and O–H groups in total. The topological polar surface area (TPSA) is 121 Å². The zero-order valence-electron chi connectivity index (χ0n) is 19.8. The van der Waals surface area contributed by atoms with Crippen LogP contribution in [0.25, 0.3) is 11.6 Å². The number of rotatable bonds is 6. The number of ether oxygens (including phenoxy) is 1. The van der Waals surface area contributed by atoms with Crippen LogP contribution in [0.1, 0.15) is 37.5 Å². The molecular weight excluding hydrogens is 515 g/mol. The first-order valence-corrected chi connectivity index (χ1v) is 11.4. The normalized spacial score (nSPS) is 13.6. The van der Waals surface area contributed by atoms with Gasteiger partial charge in [-0.3, -0.25) is 9.59 Å². The van der Waals surface area contributed by atoms with E-state index in [-0.39, 0.29) is 17.0 Å². The van der Waals surface area contributed by atoms with E-state index in [0.29, 0.717) is 39.7 Å². The summed E-state index contributed by atoms with van der Waals surface area (Å²) >= 11 is 0. The second-order valence-electron chi connectivity index (χ2n) is 8.53. The molecule has 3 aromatic carbocycles. The van der Waals surface area contributed by atoms with Crippen LogP contribution < -0.4 is 15.4 Å². The average Bonchev–Trinajstić information content (AvgIpc) is 3.48. The van der Waals surface area contributed by atoms with Gasteiger partial charge in [0.05, 0.1) is 22.4 Å². The third kappa shape index (κ3) is 5.52. The van der Waals surface area contributed by atoms with Crippen LogP contribution in [0.3, 0.4) is 0 Å². The molecule has 8 nitrogen and oxygen atoms in total. The van der Waals surface area contributed by atoms with Gasteiger partial charge in [0, 0.05) is 40.8 Å². The van der Waals surface area contributed by atoms with Crippen LogP contribution in [0.2, 0.25) is 0 Å². The number of carboxylic acids is 1. The van der Waals surface area contributed by atoms with E-state index in [4.69, 9.17) is 9.84 Å². The van der Waals surface area contributed by atoms with Gasteiger partial charge in [-0.25, -0.2) is 4.79 Å². The summed E-state index contributed by atoms with van der Waals surface area (Å²) in [6.07, 6.45) is -1.69. The number of carbonyl (C=O) groups is 3. The smallest absolute Gasteiger partial charge is 0.416 e. The van der Waals surface area contributed by atoms with Gasteiger partial charge in [0.2, 0.25) is 0 Å². The Kier molecular flexibility index (Phi) is 6.40. The van der Waals surface area contributed by atoms with Gasteiger partial charge in [-0.2, -0.15) is 13.2 Å². The molecule has 0 spiro atoms. The van der Waals surface area contributed by atoms with Crippen molar-refractivity contribution in [2.45, 2.75) is 6.18 Å².